The van der Waals surface area contributed by atoms with Crippen LogP contribution in [0.2, 0.25) is 0 Å². The Morgan fingerprint density at radius 1 is 1.12 bits per heavy atom. The van der Waals surface area contributed by atoms with Gasteiger partial charge in [-0.1, -0.05) is 34.1 Å². The average Bonchev–Trinajstić information content (AvgIpc) is 2.90. The average molecular weight is 453 g/mol. The van der Waals surface area contributed by atoms with E-state index in [9.17, 15) is 9.18 Å². The van der Waals surface area contributed by atoms with Crippen LogP contribution in [0.25, 0.3) is 0 Å². The maximum atomic E-state index is 13.7. The summed E-state index contributed by atoms with van der Waals surface area (Å²) < 4.78 is 16.8. The smallest absolute Gasteiger partial charge is 0.256 e. The number of rotatable bonds is 4. The number of amides is 1. The minimum atomic E-state index is -0.287. The van der Waals surface area contributed by atoms with Gasteiger partial charge < -0.3 is 5.32 Å². The quantitative estimate of drug-likeness (QED) is 0.615. The Labute approximate surface area is 154 Å². The molecule has 1 amide bonds. The molecule has 0 unspecified atom stereocenters. The molecule has 4 nitrogen and oxygen atoms in total. The van der Waals surface area contributed by atoms with Crippen LogP contribution in [0, 0.1) is 5.82 Å². The van der Waals surface area contributed by atoms with Crippen molar-refractivity contribution in [3.05, 3.63) is 80.6 Å². The topological polar surface area (TPSA) is 46.9 Å². The number of nitrogens with one attached hydrogen (secondary N) is 1. The van der Waals surface area contributed by atoms with E-state index >= 15 is 0 Å². The van der Waals surface area contributed by atoms with E-state index in [0.29, 0.717) is 21.4 Å². The molecule has 3 aromatic rings. The van der Waals surface area contributed by atoms with Crippen LogP contribution in [-0.4, -0.2) is 15.7 Å². The largest absolute Gasteiger partial charge is 0.304 e. The van der Waals surface area contributed by atoms with Crippen molar-refractivity contribution in [1.82, 2.24) is 9.78 Å². The molecule has 0 fully saturated rings. The van der Waals surface area contributed by atoms with Crippen LogP contribution in [-0.2, 0) is 6.54 Å². The summed E-state index contributed by atoms with van der Waals surface area (Å²) in [5.41, 5.74) is 1.05. The first-order valence-corrected chi connectivity index (χ1v) is 8.65. The minimum absolute atomic E-state index is 0.264. The van der Waals surface area contributed by atoms with Gasteiger partial charge in [0.15, 0.2) is 5.82 Å². The van der Waals surface area contributed by atoms with Crippen LogP contribution in [0.3, 0.4) is 0 Å². The van der Waals surface area contributed by atoms with E-state index in [0.717, 1.165) is 4.47 Å². The second-order valence-electron chi connectivity index (χ2n) is 5.08. The van der Waals surface area contributed by atoms with Crippen LogP contribution < -0.4 is 5.32 Å². The highest BCUT2D eigenvalue weighted by Gasteiger charge is 2.13. The van der Waals surface area contributed by atoms with Gasteiger partial charge in [-0.25, -0.2) is 4.39 Å². The van der Waals surface area contributed by atoms with Crippen molar-refractivity contribution in [3.8, 4) is 0 Å². The lowest BCUT2D eigenvalue weighted by atomic mass is 10.2. The van der Waals surface area contributed by atoms with Crippen molar-refractivity contribution in [3.63, 3.8) is 0 Å². The van der Waals surface area contributed by atoms with E-state index in [1.807, 2.05) is 0 Å². The van der Waals surface area contributed by atoms with Gasteiger partial charge in [0.1, 0.15) is 5.82 Å². The molecule has 1 N–H and O–H groups in total. The summed E-state index contributed by atoms with van der Waals surface area (Å²) in [6.45, 7) is 0.277. The van der Waals surface area contributed by atoms with Gasteiger partial charge in [-0.2, -0.15) is 5.10 Å². The predicted octanol–water partition coefficient (Wildman–Crippen LogP) is 4.85. The van der Waals surface area contributed by atoms with E-state index in [-0.39, 0.29) is 18.3 Å². The zero-order valence-corrected chi connectivity index (χ0v) is 15.5. The molecule has 0 aliphatic carbocycles. The SMILES string of the molecule is O=C(Nc1nn(Cc2ccccc2F)cc1Br)c1ccc(Br)cc1. The van der Waals surface area contributed by atoms with E-state index in [1.165, 1.54) is 6.07 Å². The number of anilines is 1. The zero-order chi connectivity index (χ0) is 17.1. The molecule has 7 heteroatoms. The van der Waals surface area contributed by atoms with E-state index in [2.05, 4.69) is 42.3 Å². The van der Waals surface area contributed by atoms with Gasteiger partial charge in [0.25, 0.3) is 5.91 Å². The van der Waals surface area contributed by atoms with Crippen molar-refractivity contribution in [2.45, 2.75) is 6.54 Å². The lowest BCUT2D eigenvalue weighted by Crippen LogP contribution is -2.13. The lowest BCUT2D eigenvalue weighted by molar-refractivity contribution is 0.102. The first-order valence-electron chi connectivity index (χ1n) is 7.06. The molecule has 0 saturated carbocycles. The van der Waals surface area contributed by atoms with Crippen molar-refractivity contribution in [2.24, 2.45) is 0 Å². The van der Waals surface area contributed by atoms with E-state index in [4.69, 9.17) is 0 Å². The van der Waals surface area contributed by atoms with Crippen molar-refractivity contribution >= 4 is 43.6 Å². The minimum Gasteiger partial charge on any atom is -0.304 e. The molecular formula is C17H12Br2FN3O. The van der Waals surface area contributed by atoms with E-state index in [1.54, 1.807) is 53.3 Å². The monoisotopic (exact) mass is 451 g/mol. The molecule has 3 rings (SSSR count). The van der Waals surface area contributed by atoms with Gasteiger partial charge in [0, 0.05) is 21.8 Å². The Bertz CT molecular complexity index is 878. The number of halogens is 3. The summed E-state index contributed by atoms with van der Waals surface area (Å²) >= 11 is 6.69. The van der Waals surface area contributed by atoms with Gasteiger partial charge in [0.05, 0.1) is 11.0 Å². The summed E-state index contributed by atoms with van der Waals surface area (Å²) in [7, 11) is 0. The highest BCUT2D eigenvalue weighted by atomic mass is 79.9. The predicted molar refractivity (Wildman–Crippen MR) is 97.5 cm³/mol. The van der Waals surface area contributed by atoms with Gasteiger partial charge in [-0.05, 0) is 46.3 Å². The number of nitrogens with zero attached hydrogens (tertiary/aromatic N) is 2. The van der Waals surface area contributed by atoms with Crippen molar-refractivity contribution in [1.29, 1.82) is 0 Å². The fourth-order valence-electron chi connectivity index (χ4n) is 2.14. The molecule has 0 radical (unpaired) electrons. The molecule has 0 saturated heterocycles. The molecule has 24 heavy (non-hydrogen) atoms. The number of carbonyl (C=O) groups is 1. The Kier molecular flexibility index (Phi) is 5.11. The first-order chi connectivity index (χ1) is 11.5. The van der Waals surface area contributed by atoms with Gasteiger partial charge in [-0.15, -0.1) is 0 Å². The summed E-state index contributed by atoms with van der Waals surface area (Å²) in [4.78, 5) is 12.2. The van der Waals surface area contributed by atoms with Crippen molar-refractivity contribution < 1.29 is 9.18 Å². The number of benzene rings is 2. The summed E-state index contributed by atoms with van der Waals surface area (Å²) in [5, 5.41) is 7.03. The van der Waals surface area contributed by atoms with Crippen LogP contribution >= 0.6 is 31.9 Å². The highest BCUT2D eigenvalue weighted by molar-refractivity contribution is 9.10. The van der Waals surface area contributed by atoms with Gasteiger partial charge in [0.2, 0.25) is 0 Å². The maximum absolute atomic E-state index is 13.7. The highest BCUT2D eigenvalue weighted by Crippen LogP contribution is 2.22. The Balaban J connectivity index is 1.75. The third-order valence-corrected chi connectivity index (χ3v) is 4.45. The molecule has 1 heterocycles. The fraction of sp³-hybridized carbons (Fsp3) is 0.0588. The van der Waals surface area contributed by atoms with Gasteiger partial charge >= 0.3 is 0 Å². The molecule has 0 aliphatic heterocycles. The molecule has 0 aliphatic rings. The van der Waals surface area contributed by atoms with E-state index < -0.39 is 0 Å². The van der Waals surface area contributed by atoms with Crippen molar-refractivity contribution in [2.75, 3.05) is 5.32 Å². The molecule has 1 aromatic heterocycles. The molecule has 122 valence electrons. The molecule has 0 atom stereocenters. The number of hydrogen-bond acceptors (Lipinski definition) is 2. The first kappa shape index (κ1) is 16.9. The summed E-state index contributed by atoms with van der Waals surface area (Å²) in [6.07, 6.45) is 1.70. The Hall–Kier alpha value is -1.99. The third-order valence-electron chi connectivity index (χ3n) is 3.35. The summed E-state index contributed by atoms with van der Waals surface area (Å²) in [6, 6.07) is 13.5. The standard InChI is InChI=1S/C17H12Br2FN3O/c18-13-7-5-11(6-8-13)17(24)21-16-14(19)10-23(22-16)9-12-3-1-2-4-15(12)20/h1-8,10H,9H2,(H,21,22,24). The summed E-state index contributed by atoms with van der Waals surface area (Å²) in [5.74, 6) is -0.164. The van der Waals surface area contributed by atoms with Gasteiger partial charge in [-0.3, -0.25) is 9.48 Å². The third kappa shape index (κ3) is 3.91. The Morgan fingerprint density at radius 2 is 1.83 bits per heavy atom. The second-order valence-corrected chi connectivity index (χ2v) is 6.85. The second kappa shape index (κ2) is 7.27. The molecule has 0 spiro atoms. The number of aromatic nitrogens is 2. The number of carbonyl (C=O) groups excluding carboxylic acids is 1. The molecular weight excluding hydrogens is 441 g/mol. The fourth-order valence-corrected chi connectivity index (χ4v) is 2.82. The molecule has 2 aromatic carbocycles. The normalized spacial score (nSPS) is 10.6. The van der Waals surface area contributed by atoms with Crippen LogP contribution in [0.15, 0.2) is 63.7 Å². The molecule has 0 bridgehead atoms. The van der Waals surface area contributed by atoms with Crippen LogP contribution in [0.1, 0.15) is 15.9 Å². The lowest BCUT2D eigenvalue weighted by Gasteiger charge is -2.04. The number of hydrogen-bond donors (Lipinski definition) is 1. The Morgan fingerprint density at radius 3 is 2.54 bits per heavy atom. The van der Waals surface area contributed by atoms with Crippen LogP contribution in [0.4, 0.5) is 10.2 Å². The van der Waals surface area contributed by atoms with Crippen LogP contribution in [0.5, 0.6) is 0 Å². The maximum Gasteiger partial charge on any atom is 0.256 e. The zero-order valence-electron chi connectivity index (χ0n) is 12.3.